The molecule has 0 radical (unpaired) electrons. The van der Waals surface area contributed by atoms with Crippen LogP contribution in [0.1, 0.15) is 31.2 Å². The summed E-state index contributed by atoms with van der Waals surface area (Å²) in [6, 6.07) is 18.9. The van der Waals surface area contributed by atoms with Crippen LogP contribution in [0.25, 0.3) is 16.9 Å². The molecule has 0 bridgehead atoms. The van der Waals surface area contributed by atoms with Gasteiger partial charge in [-0.3, -0.25) is 4.90 Å². The van der Waals surface area contributed by atoms with E-state index in [0.29, 0.717) is 10.9 Å². The number of halogens is 2. The van der Waals surface area contributed by atoms with Crippen LogP contribution in [0, 0.1) is 5.92 Å². The third-order valence-electron chi connectivity index (χ3n) is 6.94. The number of aromatic nitrogens is 3. The van der Waals surface area contributed by atoms with Crippen molar-refractivity contribution in [1.82, 2.24) is 19.5 Å². The van der Waals surface area contributed by atoms with E-state index < -0.39 is 0 Å². The van der Waals surface area contributed by atoms with E-state index >= 15 is 0 Å². The van der Waals surface area contributed by atoms with Crippen LogP contribution in [0.5, 0.6) is 0 Å². The summed E-state index contributed by atoms with van der Waals surface area (Å²) in [5.74, 6) is 1.51. The number of nitrogens with one attached hydrogen (secondary N) is 1. The van der Waals surface area contributed by atoms with Gasteiger partial charge in [-0.25, -0.2) is 4.98 Å². The molecule has 0 spiro atoms. The number of anilines is 1. The number of likely N-dealkylation sites (tertiary alicyclic amines) is 1. The summed E-state index contributed by atoms with van der Waals surface area (Å²) >= 11 is 12.2. The van der Waals surface area contributed by atoms with Crippen molar-refractivity contribution in [2.45, 2.75) is 42.4 Å². The minimum atomic E-state index is 0.577. The monoisotopic (exact) mass is 581 g/mol. The minimum Gasteiger partial charge on any atom is -0.370 e. The fourth-order valence-electron chi connectivity index (χ4n) is 4.94. The lowest BCUT2D eigenvalue weighted by molar-refractivity contribution is 0.172. The van der Waals surface area contributed by atoms with Crippen molar-refractivity contribution < 1.29 is 0 Å². The first kappa shape index (κ1) is 24.3. The SMILES string of the molecule is Clc1ccccc1-c1cc(NCC2CCCN(Cc3ccccc3SC3CC3)C2)n2ncc(Br)c2n1. The lowest BCUT2D eigenvalue weighted by Crippen LogP contribution is -2.37. The number of nitrogens with zero attached hydrogens (tertiary/aromatic N) is 4. The van der Waals surface area contributed by atoms with Gasteiger partial charge in [0.25, 0.3) is 0 Å². The van der Waals surface area contributed by atoms with Gasteiger partial charge in [0.1, 0.15) is 5.82 Å². The highest BCUT2D eigenvalue weighted by Gasteiger charge is 2.25. The van der Waals surface area contributed by atoms with Crippen molar-refractivity contribution in [3.05, 3.63) is 75.9 Å². The number of piperidine rings is 1. The summed E-state index contributed by atoms with van der Waals surface area (Å²) in [5, 5.41) is 9.77. The molecule has 2 aromatic carbocycles. The molecule has 5 nitrogen and oxygen atoms in total. The van der Waals surface area contributed by atoms with E-state index in [0.717, 1.165) is 52.1 Å². The maximum Gasteiger partial charge on any atom is 0.172 e. The molecular formula is C28H29BrClN5S. The predicted octanol–water partition coefficient (Wildman–Crippen LogP) is 7.39. The van der Waals surface area contributed by atoms with Gasteiger partial charge in [0, 0.05) is 46.4 Å². The molecule has 186 valence electrons. The van der Waals surface area contributed by atoms with Crippen LogP contribution in [0.2, 0.25) is 5.02 Å². The molecule has 2 aromatic heterocycles. The van der Waals surface area contributed by atoms with E-state index in [9.17, 15) is 0 Å². The molecule has 2 aliphatic rings. The fourth-order valence-corrected chi connectivity index (χ4v) is 6.69. The van der Waals surface area contributed by atoms with Gasteiger partial charge in [-0.05, 0) is 71.8 Å². The summed E-state index contributed by atoms with van der Waals surface area (Å²) in [4.78, 5) is 8.93. The molecule has 1 saturated carbocycles. The van der Waals surface area contributed by atoms with Crippen molar-refractivity contribution in [2.75, 3.05) is 25.0 Å². The zero-order chi connectivity index (χ0) is 24.5. The summed E-state index contributed by atoms with van der Waals surface area (Å²) in [7, 11) is 0. The first-order chi connectivity index (χ1) is 17.6. The summed E-state index contributed by atoms with van der Waals surface area (Å²) < 4.78 is 2.74. The van der Waals surface area contributed by atoms with Crippen LogP contribution in [0.4, 0.5) is 5.82 Å². The van der Waals surface area contributed by atoms with Gasteiger partial charge in [-0.1, -0.05) is 48.0 Å². The van der Waals surface area contributed by atoms with Gasteiger partial charge in [0.15, 0.2) is 5.65 Å². The van der Waals surface area contributed by atoms with Gasteiger partial charge in [-0.15, -0.1) is 11.8 Å². The van der Waals surface area contributed by atoms with Gasteiger partial charge < -0.3 is 5.32 Å². The van der Waals surface area contributed by atoms with E-state index in [4.69, 9.17) is 16.6 Å². The van der Waals surface area contributed by atoms with E-state index in [1.807, 2.05) is 28.8 Å². The molecule has 3 heterocycles. The van der Waals surface area contributed by atoms with Gasteiger partial charge in [0.05, 0.1) is 16.4 Å². The zero-order valence-electron chi connectivity index (χ0n) is 20.0. The molecule has 6 rings (SSSR count). The zero-order valence-corrected chi connectivity index (χ0v) is 23.2. The molecule has 1 unspecified atom stereocenters. The van der Waals surface area contributed by atoms with Crippen molar-refractivity contribution in [2.24, 2.45) is 5.92 Å². The Morgan fingerprint density at radius 3 is 2.78 bits per heavy atom. The van der Waals surface area contributed by atoms with Crippen LogP contribution < -0.4 is 5.32 Å². The van der Waals surface area contributed by atoms with Crippen LogP contribution in [0.3, 0.4) is 0 Å². The number of rotatable bonds is 8. The predicted molar refractivity (Wildman–Crippen MR) is 153 cm³/mol. The maximum absolute atomic E-state index is 6.50. The number of benzene rings is 2. The van der Waals surface area contributed by atoms with Gasteiger partial charge >= 0.3 is 0 Å². The summed E-state index contributed by atoms with van der Waals surface area (Å²) in [6.45, 7) is 4.20. The molecule has 1 atom stereocenters. The Morgan fingerprint density at radius 1 is 1.08 bits per heavy atom. The Hall–Kier alpha value is -2.06. The van der Waals surface area contributed by atoms with Crippen LogP contribution in [0.15, 0.2) is 70.2 Å². The molecule has 1 saturated heterocycles. The van der Waals surface area contributed by atoms with Gasteiger partial charge in [-0.2, -0.15) is 9.61 Å². The third kappa shape index (κ3) is 5.44. The smallest absolute Gasteiger partial charge is 0.172 e. The second-order valence-electron chi connectivity index (χ2n) is 9.78. The van der Waals surface area contributed by atoms with E-state index in [2.05, 4.69) is 73.3 Å². The Morgan fingerprint density at radius 2 is 1.92 bits per heavy atom. The maximum atomic E-state index is 6.50. The molecule has 1 aliphatic heterocycles. The van der Waals surface area contributed by atoms with Crippen LogP contribution in [-0.4, -0.2) is 44.4 Å². The van der Waals surface area contributed by atoms with Crippen LogP contribution >= 0.6 is 39.3 Å². The molecule has 36 heavy (non-hydrogen) atoms. The topological polar surface area (TPSA) is 45.5 Å². The summed E-state index contributed by atoms with van der Waals surface area (Å²) in [5.41, 5.74) is 4.02. The highest BCUT2D eigenvalue weighted by atomic mass is 79.9. The molecule has 0 amide bonds. The summed E-state index contributed by atoms with van der Waals surface area (Å²) in [6.07, 6.45) is 6.99. The molecule has 8 heteroatoms. The lowest BCUT2D eigenvalue weighted by Gasteiger charge is -2.33. The number of thioether (sulfide) groups is 1. The average Bonchev–Trinajstić information content (AvgIpc) is 3.64. The van der Waals surface area contributed by atoms with Gasteiger partial charge in [0.2, 0.25) is 0 Å². The van der Waals surface area contributed by atoms with Crippen molar-refractivity contribution >= 4 is 50.8 Å². The van der Waals surface area contributed by atoms with E-state index in [-0.39, 0.29) is 0 Å². The van der Waals surface area contributed by atoms with Crippen LogP contribution in [-0.2, 0) is 6.54 Å². The average molecular weight is 583 g/mol. The molecule has 1 aliphatic carbocycles. The second-order valence-corrected chi connectivity index (χ2v) is 12.4. The standard InChI is InChI=1S/C28H29BrClN5S/c29-23-16-32-35-27(14-25(33-28(23)35)22-8-2-3-9-24(22)30)31-15-19-6-5-13-34(17-19)18-20-7-1-4-10-26(20)36-21-11-12-21/h1-4,7-10,14,16,19,21,31H,5-6,11-13,15,17-18H2. The Kier molecular flexibility index (Phi) is 7.24. The van der Waals surface area contributed by atoms with E-state index in [1.54, 1.807) is 6.20 Å². The highest BCUT2D eigenvalue weighted by Crippen LogP contribution is 2.40. The Labute approximate surface area is 229 Å². The van der Waals surface area contributed by atoms with E-state index in [1.165, 1.54) is 42.7 Å². The number of hydrogen-bond acceptors (Lipinski definition) is 5. The largest absolute Gasteiger partial charge is 0.370 e. The Balaban J connectivity index is 1.17. The quantitative estimate of drug-likeness (QED) is 0.235. The third-order valence-corrected chi connectivity index (χ3v) is 9.28. The van der Waals surface area contributed by atoms with Crippen molar-refractivity contribution in [3.63, 3.8) is 0 Å². The first-order valence-electron chi connectivity index (χ1n) is 12.6. The first-order valence-corrected chi connectivity index (χ1v) is 14.7. The lowest BCUT2D eigenvalue weighted by atomic mass is 9.97. The van der Waals surface area contributed by atoms with Crippen molar-refractivity contribution in [1.29, 1.82) is 0 Å². The number of fused-ring (bicyclic) bond motifs is 1. The normalized spacial score (nSPS) is 18.6. The Bertz CT molecular complexity index is 1370. The fraction of sp³-hybridized carbons (Fsp3) is 0.357. The number of hydrogen-bond donors (Lipinski definition) is 1. The molecule has 4 aromatic rings. The van der Waals surface area contributed by atoms with Crippen molar-refractivity contribution in [3.8, 4) is 11.3 Å². The minimum absolute atomic E-state index is 0.577. The highest BCUT2D eigenvalue weighted by molar-refractivity contribution is 9.10. The molecular weight excluding hydrogens is 554 g/mol. The molecule has 1 N–H and O–H groups in total. The second kappa shape index (κ2) is 10.7. The molecule has 2 fully saturated rings.